The lowest BCUT2D eigenvalue weighted by molar-refractivity contribution is -0.494. The first-order valence-corrected chi connectivity index (χ1v) is 7.72. The van der Waals surface area contributed by atoms with Crippen LogP contribution in [0.4, 0.5) is 13.2 Å². The summed E-state index contributed by atoms with van der Waals surface area (Å²) in [5, 5.41) is 12.7. The van der Waals surface area contributed by atoms with Gasteiger partial charge in [0.2, 0.25) is 6.54 Å². The first kappa shape index (κ1) is 20.9. The predicted molar refractivity (Wildman–Crippen MR) is 84.4 cm³/mol. The minimum absolute atomic E-state index is 0.234. The van der Waals surface area contributed by atoms with Crippen LogP contribution in [-0.2, 0) is 9.53 Å². The fourth-order valence-corrected chi connectivity index (χ4v) is 2.24. The monoisotopic (exact) mass is 362 g/mol. The van der Waals surface area contributed by atoms with E-state index in [4.69, 9.17) is 4.74 Å². The number of carbonyl (C=O) groups is 1. The first-order chi connectivity index (χ1) is 11.5. The molecule has 0 saturated carbocycles. The third kappa shape index (κ3) is 6.69. The first-order valence-electron chi connectivity index (χ1n) is 7.72. The third-order valence-electron chi connectivity index (χ3n) is 3.59. The van der Waals surface area contributed by atoms with Crippen LogP contribution in [0.3, 0.4) is 0 Å². The van der Waals surface area contributed by atoms with Crippen molar-refractivity contribution in [2.24, 2.45) is 5.92 Å². The van der Waals surface area contributed by atoms with Crippen molar-refractivity contribution in [1.82, 2.24) is 5.32 Å². The zero-order chi connectivity index (χ0) is 19.2. The number of rotatable bonds is 8. The summed E-state index contributed by atoms with van der Waals surface area (Å²) in [7, 11) is 0. The van der Waals surface area contributed by atoms with Gasteiger partial charge in [0.1, 0.15) is 12.2 Å². The number of ether oxygens (including phenoxy) is 1. The van der Waals surface area contributed by atoms with Gasteiger partial charge in [0.25, 0.3) is 0 Å². The van der Waals surface area contributed by atoms with E-state index in [0.29, 0.717) is 5.56 Å². The Labute approximate surface area is 143 Å². The van der Waals surface area contributed by atoms with Crippen molar-refractivity contribution in [1.29, 1.82) is 0 Å². The van der Waals surface area contributed by atoms with Crippen LogP contribution in [0, 0.1) is 16.0 Å². The number of carbonyl (C=O) groups excluding carboxylic acids is 1. The van der Waals surface area contributed by atoms with Crippen LogP contribution in [0.2, 0.25) is 0 Å². The molecule has 140 valence electrons. The van der Waals surface area contributed by atoms with E-state index in [0.717, 1.165) is 0 Å². The number of hydrogen-bond donors (Lipinski definition) is 1. The quantitative estimate of drug-likeness (QED) is 0.569. The van der Waals surface area contributed by atoms with Crippen LogP contribution < -0.4 is 5.32 Å². The van der Waals surface area contributed by atoms with Gasteiger partial charge in [-0.15, -0.1) is 0 Å². The number of nitro groups is 1. The highest BCUT2D eigenvalue weighted by Crippen LogP contribution is 2.26. The maximum Gasteiger partial charge on any atom is 0.471 e. The molecule has 0 bridgehead atoms. The van der Waals surface area contributed by atoms with Crippen molar-refractivity contribution in [2.45, 2.75) is 45.2 Å². The molecule has 1 unspecified atom stereocenters. The Hall–Kier alpha value is -2.16. The number of nitrogens with zero attached hydrogens (tertiary/aromatic N) is 1. The number of amides is 1. The number of benzene rings is 1. The molecule has 6 nitrogen and oxygen atoms in total. The Balaban J connectivity index is 3.04. The molecule has 1 rings (SSSR count). The van der Waals surface area contributed by atoms with E-state index in [1.807, 2.05) is 5.32 Å². The molecule has 0 saturated heterocycles. The molecule has 0 heterocycles. The molecule has 1 aromatic carbocycles. The summed E-state index contributed by atoms with van der Waals surface area (Å²) in [4.78, 5) is 21.5. The largest absolute Gasteiger partial charge is 0.471 e. The van der Waals surface area contributed by atoms with Crippen molar-refractivity contribution >= 4 is 5.91 Å². The molecule has 1 aromatic rings. The summed E-state index contributed by atoms with van der Waals surface area (Å²) in [6, 6.07) is 7.28. The topological polar surface area (TPSA) is 81.5 Å². The molecule has 0 aromatic heterocycles. The minimum atomic E-state index is -5.02. The Morgan fingerprint density at radius 2 is 1.80 bits per heavy atom. The van der Waals surface area contributed by atoms with Gasteiger partial charge in [-0.2, -0.15) is 13.2 Å². The Morgan fingerprint density at radius 3 is 2.24 bits per heavy atom. The third-order valence-corrected chi connectivity index (χ3v) is 3.59. The summed E-state index contributed by atoms with van der Waals surface area (Å²) >= 11 is 0. The second-order valence-electron chi connectivity index (χ2n) is 6.03. The van der Waals surface area contributed by atoms with Gasteiger partial charge in [0, 0.05) is 4.92 Å². The fraction of sp³-hybridized carbons (Fsp3) is 0.562. The van der Waals surface area contributed by atoms with Gasteiger partial charge in [-0.1, -0.05) is 44.2 Å². The zero-order valence-electron chi connectivity index (χ0n) is 14.1. The molecule has 0 spiro atoms. The number of nitrogens with one attached hydrogen (secondary N) is 1. The number of halogens is 3. The second kappa shape index (κ2) is 8.80. The van der Waals surface area contributed by atoms with Gasteiger partial charge >= 0.3 is 12.1 Å². The second-order valence-corrected chi connectivity index (χ2v) is 6.03. The highest BCUT2D eigenvalue weighted by molar-refractivity contribution is 5.81. The van der Waals surface area contributed by atoms with Crippen LogP contribution in [0.25, 0.3) is 0 Å². The molecule has 1 N–H and O–H groups in total. The molecule has 0 radical (unpaired) electrons. The van der Waals surface area contributed by atoms with Crippen molar-refractivity contribution in [2.75, 3.05) is 6.54 Å². The average molecular weight is 362 g/mol. The molecular formula is C16H21F3N2O4. The maximum absolute atomic E-state index is 12.5. The normalized spacial score (nSPS) is 15.5. The standard InChI is InChI=1S/C16H21F3N2O4/c1-10(2)13(9-21(23)24)25-14(12-7-5-4-6-8-12)11(3)20-15(22)16(17,18)19/h4-8,10-11,13-14H,9H2,1-3H3,(H,20,22)/t11-,13?,14-/m0/s1. The number of hydrogen-bond acceptors (Lipinski definition) is 4. The zero-order valence-corrected chi connectivity index (χ0v) is 14.1. The van der Waals surface area contributed by atoms with Gasteiger partial charge in [-0.3, -0.25) is 14.9 Å². The predicted octanol–water partition coefficient (Wildman–Crippen LogP) is 3.11. The van der Waals surface area contributed by atoms with Crippen LogP contribution in [0.1, 0.15) is 32.4 Å². The highest BCUT2D eigenvalue weighted by Gasteiger charge is 2.41. The van der Waals surface area contributed by atoms with Gasteiger partial charge < -0.3 is 10.1 Å². The Bertz CT molecular complexity index is 578. The van der Waals surface area contributed by atoms with Crippen molar-refractivity contribution in [3.05, 3.63) is 46.0 Å². The maximum atomic E-state index is 12.5. The summed E-state index contributed by atoms with van der Waals surface area (Å²) in [6.45, 7) is 4.32. The minimum Gasteiger partial charge on any atom is -0.361 e. The average Bonchev–Trinajstić information content (AvgIpc) is 2.50. The summed E-state index contributed by atoms with van der Waals surface area (Å²) in [5.41, 5.74) is 0.520. The molecule has 0 aliphatic rings. The molecule has 25 heavy (non-hydrogen) atoms. The van der Waals surface area contributed by atoms with E-state index in [-0.39, 0.29) is 5.92 Å². The van der Waals surface area contributed by atoms with Gasteiger partial charge in [-0.25, -0.2) is 0 Å². The van der Waals surface area contributed by atoms with E-state index in [1.165, 1.54) is 6.92 Å². The summed E-state index contributed by atoms with van der Waals surface area (Å²) in [5.74, 6) is -2.32. The summed E-state index contributed by atoms with van der Waals surface area (Å²) < 4.78 is 43.2. The van der Waals surface area contributed by atoms with Crippen LogP contribution in [0.15, 0.2) is 30.3 Å². The molecule has 0 fully saturated rings. The molecule has 1 amide bonds. The lowest BCUT2D eigenvalue weighted by atomic mass is 10.0. The SMILES string of the molecule is CC(C)C(C[N+](=O)[O-])O[C@H](c1ccccc1)[C@H](C)NC(=O)C(F)(F)F. The van der Waals surface area contributed by atoms with E-state index in [2.05, 4.69) is 0 Å². The lowest BCUT2D eigenvalue weighted by Crippen LogP contribution is -2.46. The van der Waals surface area contributed by atoms with Crippen LogP contribution in [0.5, 0.6) is 0 Å². The van der Waals surface area contributed by atoms with Crippen LogP contribution in [-0.4, -0.2) is 35.7 Å². The highest BCUT2D eigenvalue weighted by atomic mass is 19.4. The molecule has 3 atom stereocenters. The van der Waals surface area contributed by atoms with Crippen molar-refractivity contribution in [3.8, 4) is 0 Å². The fourth-order valence-electron chi connectivity index (χ4n) is 2.24. The Kier molecular flexibility index (Phi) is 7.35. The van der Waals surface area contributed by atoms with Crippen molar-refractivity contribution in [3.63, 3.8) is 0 Å². The summed E-state index contributed by atoms with van der Waals surface area (Å²) in [6.07, 6.45) is -6.79. The van der Waals surface area contributed by atoms with E-state index < -0.39 is 41.8 Å². The lowest BCUT2D eigenvalue weighted by Gasteiger charge is -2.30. The van der Waals surface area contributed by atoms with E-state index in [1.54, 1.807) is 44.2 Å². The van der Waals surface area contributed by atoms with Gasteiger partial charge in [-0.05, 0) is 18.4 Å². The van der Waals surface area contributed by atoms with Crippen molar-refractivity contribution < 1.29 is 27.6 Å². The van der Waals surface area contributed by atoms with E-state index >= 15 is 0 Å². The molecule has 0 aliphatic carbocycles. The number of alkyl halides is 3. The molecular weight excluding hydrogens is 341 g/mol. The van der Waals surface area contributed by atoms with Gasteiger partial charge in [0.05, 0.1) is 6.04 Å². The van der Waals surface area contributed by atoms with Crippen LogP contribution >= 0.6 is 0 Å². The molecule has 9 heteroatoms. The van der Waals surface area contributed by atoms with E-state index in [9.17, 15) is 28.1 Å². The smallest absolute Gasteiger partial charge is 0.361 e. The van der Waals surface area contributed by atoms with Gasteiger partial charge in [0.15, 0.2) is 0 Å². The Morgan fingerprint density at radius 1 is 1.24 bits per heavy atom. The molecule has 0 aliphatic heterocycles.